The van der Waals surface area contributed by atoms with E-state index in [4.69, 9.17) is 0 Å². The summed E-state index contributed by atoms with van der Waals surface area (Å²) >= 11 is 0. The molecule has 0 bridgehead atoms. The van der Waals surface area contributed by atoms with E-state index in [0.717, 1.165) is 0 Å². The molecule has 0 radical (unpaired) electrons. The number of rotatable bonds is 3. The molecule has 0 nitrogen and oxygen atoms in total. The molecule has 0 aromatic heterocycles. The monoisotopic (exact) mass is 518 g/mol. The molecule has 41 heavy (non-hydrogen) atoms. The summed E-state index contributed by atoms with van der Waals surface area (Å²) in [5.74, 6) is 0. The lowest BCUT2D eigenvalue weighted by molar-refractivity contribution is 1.59. The first-order valence-electron chi connectivity index (χ1n) is 14.5. The molecule has 7 aromatic carbocycles. The lowest BCUT2D eigenvalue weighted by atomic mass is 9.63. The molecule has 0 saturated carbocycles. The SMILES string of the molecule is Bc1c(B)c(-c2c3ccccc3c(-c3cc(-c4ccccc4)cc4ccccc34)c3ccccc23)c(B)c(B)c1C. The van der Waals surface area contributed by atoms with E-state index in [1.54, 1.807) is 0 Å². The van der Waals surface area contributed by atoms with Gasteiger partial charge in [0.1, 0.15) is 31.4 Å². The fourth-order valence-electron chi connectivity index (χ4n) is 6.88. The van der Waals surface area contributed by atoms with Crippen LogP contribution in [0.5, 0.6) is 0 Å². The zero-order chi connectivity index (χ0) is 28.2. The first-order chi connectivity index (χ1) is 20.0. The molecular formula is C37H30B4. The molecule has 0 aliphatic heterocycles. The molecular weight excluding hydrogens is 488 g/mol. The van der Waals surface area contributed by atoms with E-state index in [1.165, 1.54) is 93.1 Å². The first-order valence-corrected chi connectivity index (χ1v) is 14.5. The average Bonchev–Trinajstić information content (AvgIpc) is 3.02. The largest absolute Gasteiger partial charge is 0.139 e. The quantitative estimate of drug-likeness (QED) is 0.249. The van der Waals surface area contributed by atoms with Gasteiger partial charge in [0.25, 0.3) is 0 Å². The summed E-state index contributed by atoms with van der Waals surface area (Å²) in [4.78, 5) is 0. The number of benzene rings is 7. The summed E-state index contributed by atoms with van der Waals surface area (Å²) in [6, 6.07) is 42.4. The molecule has 0 aliphatic carbocycles. The third-order valence-electron chi connectivity index (χ3n) is 9.42. The van der Waals surface area contributed by atoms with Gasteiger partial charge in [-0.1, -0.05) is 131 Å². The predicted molar refractivity (Wildman–Crippen MR) is 193 cm³/mol. The van der Waals surface area contributed by atoms with E-state index < -0.39 is 0 Å². The Morgan fingerprint density at radius 1 is 0.390 bits per heavy atom. The van der Waals surface area contributed by atoms with Crippen LogP contribution in [-0.2, 0) is 0 Å². The van der Waals surface area contributed by atoms with Crippen LogP contribution in [0, 0.1) is 6.92 Å². The number of hydrogen-bond donors (Lipinski definition) is 0. The zero-order valence-corrected chi connectivity index (χ0v) is 24.5. The second kappa shape index (κ2) is 9.89. The minimum absolute atomic E-state index is 1.24. The van der Waals surface area contributed by atoms with Crippen molar-refractivity contribution in [3.05, 3.63) is 121 Å². The van der Waals surface area contributed by atoms with Crippen LogP contribution in [0.15, 0.2) is 115 Å². The van der Waals surface area contributed by atoms with Gasteiger partial charge in [0.05, 0.1) is 0 Å². The van der Waals surface area contributed by atoms with Crippen molar-refractivity contribution >= 4 is 85.6 Å². The van der Waals surface area contributed by atoms with Gasteiger partial charge in [0, 0.05) is 0 Å². The summed E-state index contributed by atoms with van der Waals surface area (Å²) in [5, 5.41) is 7.76. The van der Waals surface area contributed by atoms with Crippen LogP contribution in [0.2, 0.25) is 0 Å². The summed E-state index contributed by atoms with van der Waals surface area (Å²) in [5.41, 5.74) is 14.7. The minimum Gasteiger partial charge on any atom is -0.0923 e. The maximum absolute atomic E-state index is 2.40. The third-order valence-corrected chi connectivity index (χ3v) is 9.42. The second-order valence-electron chi connectivity index (χ2n) is 11.5. The van der Waals surface area contributed by atoms with Crippen LogP contribution >= 0.6 is 0 Å². The fourth-order valence-corrected chi connectivity index (χ4v) is 6.88. The van der Waals surface area contributed by atoms with Crippen LogP contribution in [0.25, 0.3) is 65.7 Å². The fraction of sp³-hybridized carbons (Fsp3) is 0.0270. The molecule has 0 aliphatic rings. The molecule has 0 spiro atoms. The van der Waals surface area contributed by atoms with Crippen LogP contribution < -0.4 is 21.9 Å². The summed E-state index contributed by atoms with van der Waals surface area (Å²) in [6.45, 7) is 2.26. The Morgan fingerprint density at radius 2 is 0.854 bits per heavy atom. The highest BCUT2D eigenvalue weighted by atomic mass is 14.2. The Labute approximate surface area is 246 Å². The average molecular weight is 518 g/mol. The maximum atomic E-state index is 2.40. The van der Waals surface area contributed by atoms with Crippen LogP contribution in [0.1, 0.15) is 5.56 Å². The Kier molecular flexibility index (Phi) is 6.16. The number of fused-ring (bicyclic) bond motifs is 3. The molecule has 7 rings (SSSR count). The normalized spacial score (nSPS) is 11.4. The molecule has 0 fully saturated rings. The summed E-state index contributed by atoms with van der Waals surface area (Å²) in [6.07, 6.45) is 0. The van der Waals surface area contributed by atoms with Gasteiger partial charge in [-0.3, -0.25) is 0 Å². The smallest absolute Gasteiger partial charge is 0.0923 e. The summed E-state index contributed by atoms with van der Waals surface area (Å²) < 4.78 is 0. The van der Waals surface area contributed by atoms with Gasteiger partial charge in [-0.15, -0.1) is 0 Å². The lowest BCUT2D eigenvalue weighted by Gasteiger charge is -2.24. The van der Waals surface area contributed by atoms with Gasteiger partial charge in [-0.2, -0.15) is 0 Å². The van der Waals surface area contributed by atoms with Crippen molar-refractivity contribution in [3.63, 3.8) is 0 Å². The highest BCUT2D eigenvalue weighted by Gasteiger charge is 2.22. The Bertz CT molecular complexity index is 2060. The Morgan fingerprint density at radius 3 is 1.41 bits per heavy atom. The topological polar surface area (TPSA) is 0 Å². The van der Waals surface area contributed by atoms with Crippen LogP contribution in [0.4, 0.5) is 0 Å². The van der Waals surface area contributed by atoms with E-state index in [1.807, 2.05) is 0 Å². The van der Waals surface area contributed by atoms with Crippen molar-refractivity contribution in [1.29, 1.82) is 0 Å². The van der Waals surface area contributed by atoms with Gasteiger partial charge in [0.15, 0.2) is 0 Å². The first kappa shape index (κ1) is 25.5. The highest BCUT2D eigenvalue weighted by Crippen LogP contribution is 2.45. The van der Waals surface area contributed by atoms with E-state index in [9.17, 15) is 0 Å². The third kappa shape index (κ3) is 3.97. The van der Waals surface area contributed by atoms with E-state index >= 15 is 0 Å². The van der Waals surface area contributed by atoms with Crippen molar-refractivity contribution in [2.75, 3.05) is 0 Å². The molecule has 0 atom stereocenters. The maximum Gasteiger partial charge on any atom is 0.139 e. The second-order valence-corrected chi connectivity index (χ2v) is 11.5. The number of hydrogen-bond acceptors (Lipinski definition) is 0. The molecule has 0 amide bonds. The van der Waals surface area contributed by atoms with Gasteiger partial charge in [-0.05, 0) is 84.8 Å². The van der Waals surface area contributed by atoms with Crippen molar-refractivity contribution in [2.24, 2.45) is 0 Å². The van der Waals surface area contributed by atoms with Gasteiger partial charge >= 0.3 is 0 Å². The van der Waals surface area contributed by atoms with Crippen molar-refractivity contribution in [2.45, 2.75) is 6.92 Å². The van der Waals surface area contributed by atoms with E-state index in [0.29, 0.717) is 0 Å². The minimum atomic E-state index is 1.24. The van der Waals surface area contributed by atoms with Crippen LogP contribution in [-0.4, -0.2) is 31.4 Å². The Hall–Kier alpha value is -4.42. The Balaban J connectivity index is 1.68. The van der Waals surface area contributed by atoms with Crippen molar-refractivity contribution < 1.29 is 0 Å². The molecule has 0 saturated heterocycles. The zero-order valence-electron chi connectivity index (χ0n) is 24.5. The molecule has 0 unspecified atom stereocenters. The van der Waals surface area contributed by atoms with Crippen LogP contribution in [0.3, 0.4) is 0 Å². The standard InChI is InChI=1S/C37H30B4/c1-21-34(38)36(40)33(37(41)35(21)39)32-28-17-9-7-15-26(28)31(27-16-8-10-18-29(27)32)30-20-24(22-11-3-2-4-12-22)19-23-13-5-6-14-25(23)30/h2-20H,38-41H2,1H3. The van der Waals surface area contributed by atoms with E-state index in [-0.39, 0.29) is 0 Å². The predicted octanol–water partition coefficient (Wildman–Crippen LogP) is 3.49. The van der Waals surface area contributed by atoms with E-state index in [2.05, 4.69) is 154 Å². The molecule has 190 valence electrons. The van der Waals surface area contributed by atoms with Gasteiger partial charge in [-0.25, -0.2) is 0 Å². The molecule has 0 heterocycles. The van der Waals surface area contributed by atoms with Crippen molar-refractivity contribution in [1.82, 2.24) is 0 Å². The molecule has 0 N–H and O–H groups in total. The summed E-state index contributed by atoms with van der Waals surface area (Å²) in [7, 11) is 9.16. The lowest BCUT2D eigenvalue weighted by Crippen LogP contribution is -2.45. The van der Waals surface area contributed by atoms with Gasteiger partial charge in [0.2, 0.25) is 0 Å². The molecule has 7 aromatic rings. The van der Waals surface area contributed by atoms with Crippen molar-refractivity contribution in [3.8, 4) is 33.4 Å². The molecule has 4 heteroatoms. The van der Waals surface area contributed by atoms with Gasteiger partial charge < -0.3 is 0 Å². The highest BCUT2D eigenvalue weighted by molar-refractivity contribution is 6.61.